The molecule has 7 heteroatoms. The van der Waals surface area contributed by atoms with E-state index in [4.69, 9.17) is 9.47 Å². The van der Waals surface area contributed by atoms with Crippen molar-refractivity contribution in [2.45, 2.75) is 44.9 Å². The van der Waals surface area contributed by atoms with E-state index < -0.39 is 0 Å². The van der Waals surface area contributed by atoms with Crippen LogP contribution in [0, 0.1) is 6.92 Å². The molecule has 3 rings (SSSR count). The highest BCUT2D eigenvalue weighted by molar-refractivity contribution is 8.15. The van der Waals surface area contributed by atoms with Gasteiger partial charge in [0.05, 0.1) is 32.2 Å². The van der Waals surface area contributed by atoms with Gasteiger partial charge < -0.3 is 9.47 Å². The Kier molecular flexibility index (Phi) is 8.12. The lowest BCUT2D eigenvalue weighted by molar-refractivity contribution is -0.126. The van der Waals surface area contributed by atoms with Crippen molar-refractivity contribution in [3.05, 3.63) is 59.2 Å². The first-order chi connectivity index (χ1) is 15.1. The lowest BCUT2D eigenvalue weighted by Crippen LogP contribution is -2.31. The average molecular weight is 440 g/mol. The first kappa shape index (κ1) is 22.9. The summed E-state index contributed by atoms with van der Waals surface area (Å²) < 4.78 is 10.6. The van der Waals surface area contributed by atoms with Crippen LogP contribution in [-0.4, -0.2) is 41.7 Å². The van der Waals surface area contributed by atoms with E-state index in [1.54, 1.807) is 25.3 Å². The zero-order valence-corrected chi connectivity index (χ0v) is 19.3. The highest BCUT2D eigenvalue weighted by Gasteiger charge is 2.37. The molecule has 6 nitrogen and oxygen atoms in total. The number of aryl methyl sites for hydroxylation is 1. The Balaban J connectivity index is 1.83. The number of benzene rings is 2. The van der Waals surface area contributed by atoms with Crippen LogP contribution < -0.4 is 9.47 Å². The van der Waals surface area contributed by atoms with E-state index >= 15 is 0 Å². The number of amidine groups is 1. The van der Waals surface area contributed by atoms with Crippen LogP contribution in [0.3, 0.4) is 0 Å². The number of hydrogen-bond acceptors (Lipinski definition) is 6. The number of methoxy groups -OCH3 is 2. The van der Waals surface area contributed by atoms with Crippen LogP contribution in [0.15, 0.2) is 52.7 Å². The molecule has 2 aromatic rings. The highest BCUT2D eigenvalue weighted by atomic mass is 32.2. The van der Waals surface area contributed by atoms with E-state index in [1.165, 1.54) is 11.8 Å². The third kappa shape index (κ3) is 5.67. The summed E-state index contributed by atoms with van der Waals surface area (Å²) in [5, 5.41) is 9.23. The van der Waals surface area contributed by atoms with Crippen molar-refractivity contribution < 1.29 is 14.3 Å². The first-order valence-electron chi connectivity index (χ1n) is 10.4. The topological polar surface area (TPSA) is 63.5 Å². The Labute approximate surface area is 188 Å². The second-order valence-corrected chi connectivity index (χ2v) is 8.51. The molecule has 1 saturated heterocycles. The number of unbranched alkanes of at least 4 members (excludes halogenated alkanes) is 1. The minimum atomic E-state index is -0.0981. The van der Waals surface area contributed by atoms with Crippen LogP contribution >= 0.6 is 11.8 Å². The largest absolute Gasteiger partial charge is 0.493 e. The van der Waals surface area contributed by atoms with Crippen LogP contribution in [0.4, 0.5) is 0 Å². The molecule has 0 N–H and O–H groups in total. The summed E-state index contributed by atoms with van der Waals surface area (Å²) in [7, 11) is 3.20. The average Bonchev–Trinajstić information content (AvgIpc) is 3.08. The SMILES string of the molecule is CCCC[C@H]1S/C(=N/N=C\c2ccc(OC)c(OC)c2)N(Cc2ccccc2C)C1=O. The molecule has 1 aliphatic rings. The van der Waals surface area contributed by atoms with Crippen LogP contribution in [0.2, 0.25) is 0 Å². The maximum Gasteiger partial charge on any atom is 0.242 e. The van der Waals surface area contributed by atoms with Crippen molar-refractivity contribution in [2.24, 2.45) is 10.2 Å². The molecule has 0 unspecified atom stereocenters. The third-order valence-electron chi connectivity index (χ3n) is 5.19. The first-order valence-corrected chi connectivity index (χ1v) is 11.3. The zero-order chi connectivity index (χ0) is 22.2. The molecule has 1 atom stereocenters. The monoisotopic (exact) mass is 439 g/mol. The summed E-state index contributed by atoms with van der Waals surface area (Å²) >= 11 is 1.51. The zero-order valence-electron chi connectivity index (χ0n) is 18.5. The van der Waals surface area contributed by atoms with Crippen molar-refractivity contribution in [1.82, 2.24) is 4.90 Å². The molecular formula is C24H29N3O3S. The van der Waals surface area contributed by atoms with Gasteiger partial charge in [0, 0.05) is 0 Å². The molecule has 0 spiro atoms. The second kappa shape index (κ2) is 11.0. The van der Waals surface area contributed by atoms with Crippen molar-refractivity contribution in [1.29, 1.82) is 0 Å². The summed E-state index contributed by atoms with van der Waals surface area (Å²) in [5.74, 6) is 1.40. The quantitative estimate of drug-likeness (QED) is 0.406. The second-order valence-electron chi connectivity index (χ2n) is 7.34. The smallest absolute Gasteiger partial charge is 0.242 e. The molecule has 31 heavy (non-hydrogen) atoms. The summed E-state index contributed by atoms with van der Waals surface area (Å²) in [5.41, 5.74) is 3.11. The van der Waals surface area contributed by atoms with Crippen molar-refractivity contribution in [3.63, 3.8) is 0 Å². The maximum atomic E-state index is 13.1. The van der Waals surface area contributed by atoms with Gasteiger partial charge in [0.15, 0.2) is 16.7 Å². The lowest BCUT2D eigenvalue weighted by atomic mass is 10.1. The standard InChI is InChI=1S/C24H29N3O3S/c1-5-6-11-22-23(28)27(16-19-10-8-7-9-17(19)2)24(31-22)26-25-15-18-12-13-20(29-3)21(14-18)30-4/h7-10,12-15,22H,5-6,11,16H2,1-4H3/b25-15-,26-24+/t22-/m1/s1. The Morgan fingerprint density at radius 2 is 1.90 bits per heavy atom. The number of rotatable bonds is 9. The molecular weight excluding hydrogens is 410 g/mol. The predicted octanol–water partition coefficient (Wildman–Crippen LogP) is 5.04. The molecule has 2 aromatic carbocycles. The Bertz CT molecular complexity index is 974. The molecule has 0 radical (unpaired) electrons. The minimum Gasteiger partial charge on any atom is -0.493 e. The van der Waals surface area contributed by atoms with E-state index in [2.05, 4.69) is 36.2 Å². The van der Waals surface area contributed by atoms with Crippen molar-refractivity contribution in [3.8, 4) is 11.5 Å². The van der Waals surface area contributed by atoms with Crippen molar-refractivity contribution >= 4 is 29.1 Å². The van der Waals surface area contributed by atoms with Gasteiger partial charge in [0.2, 0.25) is 5.91 Å². The summed E-state index contributed by atoms with van der Waals surface area (Å²) in [6, 6.07) is 13.7. The van der Waals surface area contributed by atoms with Gasteiger partial charge in [0.1, 0.15) is 0 Å². The van der Waals surface area contributed by atoms with E-state index in [-0.39, 0.29) is 11.2 Å². The fourth-order valence-corrected chi connectivity index (χ4v) is 4.48. The molecule has 1 fully saturated rings. The summed E-state index contributed by atoms with van der Waals surface area (Å²) in [6.07, 6.45) is 4.59. The van der Waals surface area contributed by atoms with Gasteiger partial charge in [-0.15, -0.1) is 5.10 Å². The maximum absolute atomic E-state index is 13.1. The third-order valence-corrected chi connectivity index (χ3v) is 6.42. The van der Waals surface area contributed by atoms with Crippen LogP contribution in [0.25, 0.3) is 0 Å². The Morgan fingerprint density at radius 1 is 1.13 bits per heavy atom. The molecule has 0 aliphatic carbocycles. The number of carbonyl (C=O) groups is 1. The number of amides is 1. The van der Waals surface area contributed by atoms with Gasteiger partial charge in [-0.25, -0.2) is 0 Å². The fourth-order valence-electron chi connectivity index (χ4n) is 3.34. The minimum absolute atomic E-state index is 0.0981. The van der Waals surface area contributed by atoms with Gasteiger partial charge in [-0.1, -0.05) is 55.8 Å². The number of hydrogen-bond donors (Lipinski definition) is 0. The Hall–Kier alpha value is -2.80. The van der Waals surface area contributed by atoms with E-state index in [0.717, 1.165) is 36.0 Å². The summed E-state index contributed by atoms with van der Waals surface area (Å²) in [6.45, 7) is 4.70. The molecule has 0 bridgehead atoms. The molecule has 164 valence electrons. The molecule has 0 aromatic heterocycles. The van der Waals surface area contributed by atoms with Gasteiger partial charge in [-0.05, 0) is 48.2 Å². The van der Waals surface area contributed by atoms with Gasteiger partial charge >= 0.3 is 0 Å². The normalized spacial score (nSPS) is 17.7. The van der Waals surface area contributed by atoms with Crippen LogP contribution in [0.1, 0.15) is 42.9 Å². The van der Waals surface area contributed by atoms with E-state index in [9.17, 15) is 4.79 Å². The number of ether oxygens (including phenoxy) is 2. The molecule has 1 aliphatic heterocycles. The predicted molar refractivity (Wildman–Crippen MR) is 127 cm³/mol. The highest BCUT2D eigenvalue weighted by Crippen LogP contribution is 2.32. The van der Waals surface area contributed by atoms with Crippen molar-refractivity contribution in [2.75, 3.05) is 14.2 Å². The number of nitrogens with zero attached hydrogens (tertiary/aromatic N) is 3. The number of thioether (sulfide) groups is 1. The lowest BCUT2D eigenvalue weighted by Gasteiger charge is -2.17. The molecule has 0 saturated carbocycles. The van der Waals surface area contributed by atoms with Gasteiger partial charge in [0.25, 0.3) is 0 Å². The van der Waals surface area contributed by atoms with Gasteiger partial charge in [-0.2, -0.15) is 5.10 Å². The summed E-state index contributed by atoms with van der Waals surface area (Å²) in [4.78, 5) is 14.8. The molecule has 1 amide bonds. The fraction of sp³-hybridized carbons (Fsp3) is 0.375. The van der Waals surface area contributed by atoms with Gasteiger partial charge in [-0.3, -0.25) is 9.69 Å². The van der Waals surface area contributed by atoms with E-state index in [0.29, 0.717) is 23.2 Å². The van der Waals surface area contributed by atoms with Crippen LogP contribution in [0.5, 0.6) is 11.5 Å². The van der Waals surface area contributed by atoms with Crippen LogP contribution in [-0.2, 0) is 11.3 Å². The molecule has 1 heterocycles. The van der Waals surface area contributed by atoms with E-state index in [1.807, 2.05) is 30.3 Å². The Morgan fingerprint density at radius 3 is 2.61 bits per heavy atom. The number of carbonyl (C=O) groups excluding carboxylic acids is 1.